The molecule has 2 aromatic carbocycles. The van der Waals surface area contributed by atoms with Gasteiger partial charge in [0.1, 0.15) is 11.6 Å². The number of halogens is 1. The van der Waals surface area contributed by atoms with Gasteiger partial charge >= 0.3 is 0 Å². The highest BCUT2D eigenvalue weighted by Crippen LogP contribution is 2.19. The minimum Gasteiger partial charge on any atom is -0.306 e. The first-order valence-corrected chi connectivity index (χ1v) is 7.64. The lowest BCUT2D eigenvalue weighted by molar-refractivity contribution is 0.102. The number of anilines is 1. The Morgan fingerprint density at radius 3 is 2.25 bits per heavy atom. The molecule has 1 amide bonds. The van der Waals surface area contributed by atoms with E-state index in [0.717, 1.165) is 16.8 Å². The number of nitrogens with one attached hydrogen (secondary N) is 1. The highest BCUT2D eigenvalue weighted by molar-refractivity contribution is 6.04. The highest BCUT2D eigenvalue weighted by Gasteiger charge is 2.13. The lowest BCUT2D eigenvalue weighted by atomic mass is 10.1. The van der Waals surface area contributed by atoms with Crippen LogP contribution in [0, 0.1) is 26.6 Å². The fraction of sp³-hybridized carbons (Fsp3) is 0.158. The number of carbonyl (C=O) groups is 1. The maximum Gasteiger partial charge on any atom is 0.256 e. The van der Waals surface area contributed by atoms with Crippen molar-refractivity contribution in [1.82, 2.24) is 9.78 Å². The van der Waals surface area contributed by atoms with Gasteiger partial charge in [-0.2, -0.15) is 5.10 Å². The summed E-state index contributed by atoms with van der Waals surface area (Å²) in [6.07, 6.45) is 0. The van der Waals surface area contributed by atoms with E-state index < -0.39 is 0 Å². The second kappa shape index (κ2) is 6.28. The van der Waals surface area contributed by atoms with Crippen molar-refractivity contribution in [3.05, 3.63) is 76.7 Å². The third-order valence-electron chi connectivity index (χ3n) is 3.63. The van der Waals surface area contributed by atoms with Crippen molar-refractivity contribution in [3.8, 4) is 5.69 Å². The molecule has 0 saturated heterocycles. The normalized spacial score (nSPS) is 10.7. The molecule has 1 heterocycles. The van der Waals surface area contributed by atoms with Crippen LogP contribution in [0.4, 0.5) is 10.2 Å². The van der Waals surface area contributed by atoms with Crippen molar-refractivity contribution in [1.29, 1.82) is 0 Å². The van der Waals surface area contributed by atoms with Gasteiger partial charge in [-0.05, 0) is 57.2 Å². The average Bonchev–Trinajstić information content (AvgIpc) is 2.87. The first kappa shape index (κ1) is 15.9. The van der Waals surface area contributed by atoms with E-state index in [0.29, 0.717) is 17.1 Å². The molecule has 3 rings (SSSR count). The molecule has 0 aliphatic rings. The van der Waals surface area contributed by atoms with E-state index >= 15 is 0 Å². The summed E-state index contributed by atoms with van der Waals surface area (Å²) in [5.74, 6) is 0.0248. The third-order valence-corrected chi connectivity index (χ3v) is 3.63. The number of rotatable bonds is 3. The van der Waals surface area contributed by atoms with E-state index in [1.807, 2.05) is 39.0 Å². The van der Waals surface area contributed by atoms with Gasteiger partial charge < -0.3 is 5.32 Å². The Hall–Kier alpha value is -2.95. The van der Waals surface area contributed by atoms with Crippen molar-refractivity contribution >= 4 is 11.7 Å². The largest absolute Gasteiger partial charge is 0.306 e. The molecule has 24 heavy (non-hydrogen) atoms. The molecule has 5 heteroatoms. The first-order chi connectivity index (χ1) is 11.4. The molecule has 4 nitrogen and oxygen atoms in total. The molecule has 0 aliphatic carbocycles. The highest BCUT2D eigenvalue weighted by atomic mass is 19.1. The van der Waals surface area contributed by atoms with Crippen LogP contribution in [0.5, 0.6) is 0 Å². The topological polar surface area (TPSA) is 46.9 Å². The van der Waals surface area contributed by atoms with Crippen LogP contribution in [0.15, 0.2) is 48.5 Å². The van der Waals surface area contributed by atoms with Gasteiger partial charge in [0.05, 0.1) is 11.4 Å². The number of benzene rings is 2. The minimum atomic E-state index is -0.316. The fourth-order valence-electron chi connectivity index (χ4n) is 2.66. The Bertz CT molecular complexity index is 877. The van der Waals surface area contributed by atoms with Gasteiger partial charge in [0.2, 0.25) is 0 Å². The van der Waals surface area contributed by atoms with Crippen molar-refractivity contribution in [3.63, 3.8) is 0 Å². The predicted molar refractivity (Wildman–Crippen MR) is 92.1 cm³/mol. The third kappa shape index (κ3) is 3.35. The van der Waals surface area contributed by atoms with Gasteiger partial charge in [-0.1, -0.05) is 17.2 Å². The van der Waals surface area contributed by atoms with Crippen LogP contribution in [-0.2, 0) is 0 Å². The molecule has 3 aromatic rings. The maximum absolute atomic E-state index is 13.1. The van der Waals surface area contributed by atoms with E-state index in [1.54, 1.807) is 22.9 Å². The van der Waals surface area contributed by atoms with Crippen molar-refractivity contribution in [2.24, 2.45) is 0 Å². The van der Waals surface area contributed by atoms with Gasteiger partial charge in [0.25, 0.3) is 5.91 Å². The molecule has 0 radical (unpaired) electrons. The quantitative estimate of drug-likeness (QED) is 0.785. The molecule has 0 atom stereocenters. The molecule has 0 saturated carbocycles. The lowest BCUT2D eigenvalue weighted by Crippen LogP contribution is -2.15. The molecule has 1 N–H and O–H groups in total. The van der Waals surface area contributed by atoms with E-state index in [9.17, 15) is 9.18 Å². The Morgan fingerprint density at radius 1 is 1.00 bits per heavy atom. The number of nitrogens with zero attached hydrogens (tertiary/aromatic N) is 2. The van der Waals surface area contributed by atoms with Gasteiger partial charge in [0.15, 0.2) is 0 Å². The monoisotopic (exact) mass is 323 g/mol. The van der Waals surface area contributed by atoms with Gasteiger partial charge in [-0.25, -0.2) is 9.07 Å². The fourth-order valence-corrected chi connectivity index (χ4v) is 2.66. The van der Waals surface area contributed by atoms with Crippen LogP contribution >= 0.6 is 0 Å². The first-order valence-electron chi connectivity index (χ1n) is 7.64. The SMILES string of the molecule is Cc1cc(C)cc(C(=O)Nc2cc(C)nn2-c2ccc(F)cc2)c1. The molecule has 0 aliphatic heterocycles. The Morgan fingerprint density at radius 2 is 1.62 bits per heavy atom. The van der Waals surface area contributed by atoms with Crippen LogP contribution in [-0.4, -0.2) is 15.7 Å². The maximum atomic E-state index is 13.1. The molecular weight excluding hydrogens is 305 g/mol. The summed E-state index contributed by atoms with van der Waals surface area (Å²) in [6.45, 7) is 5.75. The van der Waals surface area contributed by atoms with Crippen LogP contribution in [0.2, 0.25) is 0 Å². The summed E-state index contributed by atoms with van der Waals surface area (Å²) in [7, 11) is 0. The number of amides is 1. The van der Waals surface area contributed by atoms with Crippen LogP contribution in [0.3, 0.4) is 0 Å². The Balaban J connectivity index is 1.93. The lowest BCUT2D eigenvalue weighted by Gasteiger charge is -2.10. The number of aryl methyl sites for hydroxylation is 3. The zero-order valence-electron chi connectivity index (χ0n) is 13.8. The Labute approximate surface area is 139 Å². The van der Waals surface area contributed by atoms with E-state index in [1.165, 1.54) is 12.1 Å². The molecule has 0 unspecified atom stereocenters. The summed E-state index contributed by atoms with van der Waals surface area (Å²) in [5.41, 5.74) is 4.10. The van der Waals surface area contributed by atoms with E-state index in [2.05, 4.69) is 10.4 Å². The van der Waals surface area contributed by atoms with E-state index in [4.69, 9.17) is 0 Å². The molecule has 0 spiro atoms. The van der Waals surface area contributed by atoms with Crippen LogP contribution < -0.4 is 5.32 Å². The number of hydrogen-bond donors (Lipinski definition) is 1. The number of aromatic nitrogens is 2. The van der Waals surface area contributed by atoms with Crippen molar-refractivity contribution < 1.29 is 9.18 Å². The average molecular weight is 323 g/mol. The molecular formula is C19H18FN3O. The summed E-state index contributed by atoms with van der Waals surface area (Å²) in [6, 6.07) is 13.4. The predicted octanol–water partition coefficient (Wildman–Crippen LogP) is 4.19. The van der Waals surface area contributed by atoms with Gasteiger partial charge in [-0.15, -0.1) is 0 Å². The number of hydrogen-bond acceptors (Lipinski definition) is 2. The van der Waals surface area contributed by atoms with Crippen LogP contribution in [0.25, 0.3) is 5.69 Å². The molecule has 122 valence electrons. The number of carbonyl (C=O) groups excluding carboxylic acids is 1. The zero-order chi connectivity index (χ0) is 17.3. The zero-order valence-corrected chi connectivity index (χ0v) is 13.8. The second-order valence-corrected chi connectivity index (χ2v) is 5.89. The van der Waals surface area contributed by atoms with Crippen LogP contribution in [0.1, 0.15) is 27.2 Å². The van der Waals surface area contributed by atoms with Crippen molar-refractivity contribution in [2.75, 3.05) is 5.32 Å². The standard InChI is InChI=1S/C19H18FN3O/c1-12-8-13(2)10-15(9-12)19(24)21-18-11-14(3)22-23(18)17-6-4-16(20)5-7-17/h4-11H,1-3H3,(H,21,24). The Kier molecular flexibility index (Phi) is 4.16. The minimum absolute atomic E-state index is 0.204. The smallest absolute Gasteiger partial charge is 0.256 e. The van der Waals surface area contributed by atoms with Gasteiger partial charge in [0, 0.05) is 11.6 Å². The summed E-state index contributed by atoms with van der Waals surface area (Å²) in [4.78, 5) is 12.6. The van der Waals surface area contributed by atoms with Crippen molar-refractivity contribution in [2.45, 2.75) is 20.8 Å². The second-order valence-electron chi connectivity index (χ2n) is 5.89. The molecule has 0 bridgehead atoms. The van der Waals surface area contributed by atoms with E-state index in [-0.39, 0.29) is 11.7 Å². The summed E-state index contributed by atoms with van der Waals surface area (Å²) in [5, 5.41) is 7.25. The summed E-state index contributed by atoms with van der Waals surface area (Å²) < 4.78 is 14.7. The molecule has 1 aromatic heterocycles. The van der Waals surface area contributed by atoms with Gasteiger partial charge in [-0.3, -0.25) is 4.79 Å². The summed E-state index contributed by atoms with van der Waals surface area (Å²) >= 11 is 0. The molecule has 0 fully saturated rings.